The van der Waals surface area contributed by atoms with E-state index in [1.54, 1.807) is 20.5 Å². The summed E-state index contributed by atoms with van der Waals surface area (Å²) in [5.41, 5.74) is 6.55. The summed E-state index contributed by atoms with van der Waals surface area (Å²) in [6.07, 6.45) is 5.06. The molecular weight excluding hydrogens is 363 g/mol. The summed E-state index contributed by atoms with van der Waals surface area (Å²) in [5.74, 6) is 3.10. The molecule has 0 amide bonds. The fourth-order valence-electron chi connectivity index (χ4n) is 3.29. The maximum Gasteiger partial charge on any atom is 0.162 e. The number of benzene rings is 1. The zero-order chi connectivity index (χ0) is 16.2. The summed E-state index contributed by atoms with van der Waals surface area (Å²) in [5, 5.41) is 1.00. The van der Waals surface area contributed by atoms with Crippen molar-refractivity contribution < 1.29 is 9.47 Å². The van der Waals surface area contributed by atoms with E-state index in [1.807, 2.05) is 12.1 Å². The van der Waals surface area contributed by atoms with E-state index < -0.39 is 0 Å². The molecule has 0 bridgehead atoms. The summed E-state index contributed by atoms with van der Waals surface area (Å²) in [6, 6.07) is 3.87. The highest BCUT2D eigenvalue weighted by atomic mass is 35.5. The first kappa shape index (κ1) is 21.5. The van der Waals surface area contributed by atoms with Crippen LogP contribution in [0.1, 0.15) is 19.3 Å². The lowest BCUT2D eigenvalue weighted by atomic mass is 9.93. The van der Waals surface area contributed by atoms with Crippen molar-refractivity contribution in [3.63, 3.8) is 0 Å². The summed E-state index contributed by atoms with van der Waals surface area (Å²) in [6.45, 7) is 2.79. The maximum absolute atomic E-state index is 5.68. The van der Waals surface area contributed by atoms with E-state index in [0.29, 0.717) is 11.5 Å². The molecule has 3 rings (SSSR count). The molecule has 6 nitrogen and oxygen atoms in total. The van der Waals surface area contributed by atoms with Crippen LogP contribution in [0.25, 0.3) is 10.9 Å². The lowest BCUT2D eigenvalue weighted by Gasteiger charge is -2.33. The van der Waals surface area contributed by atoms with Crippen molar-refractivity contribution in [2.45, 2.75) is 19.3 Å². The average Bonchev–Trinajstić information content (AvgIpc) is 2.61. The van der Waals surface area contributed by atoms with Crippen molar-refractivity contribution in [2.75, 3.05) is 38.8 Å². The quantitative estimate of drug-likeness (QED) is 0.848. The van der Waals surface area contributed by atoms with Crippen LogP contribution in [0.5, 0.6) is 11.5 Å². The van der Waals surface area contributed by atoms with Gasteiger partial charge in [-0.25, -0.2) is 9.97 Å². The zero-order valence-electron chi connectivity index (χ0n) is 14.6. The topological polar surface area (TPSA) is 73.5 Å². The fraction of sp³-hybridized carbons (Fsp3) is 0.529. The van der Waals surface area contributed by atoms with Gasteiger partial charge in [0.05, 0.1) is 19.7 Å². The van der Waals surface area contributed by atoms with Gasteiger partial charge in [-0.3, -0.25) is 0 Å². The molecule has 1 aromatic carbocycles. The number of nitrogens with two attached hydrogens (primary N) is 1. The molecular formula is C17H26Cl2N4O2. The molecule has 1 fully saturated rings. The standard InChI is InChI=1S/C17H24N4O2.2ClH/c1-22-15-9-13-14(10-16(15)23-2)19-11-20-17(13)21-7-4-12(3-6-18)5-8-21;;/h9-12H,3-8,18H2,1-2H3;2*1H. The number of hydrogen-bond donors (Lipinski definition) is 1. The summed E-state index contributed by atoms with van der Waals surface area (Å²) < 4.78 is 10.8. The first-order valence-electron chi connectivity index (χ1n) is 8.08. The van der Waals surface area contributed by atoms with Gasteiger partial charge in [0.25, 0.3) is 0 Å². The normalized spacial score (nSPS) is 14.6. The number of hydrogen-bond acceptors (Lipinski definition) is 6. The van der Waals surface area contributed by atoms with Gasteiger partial charge in [-0.2, -0.15) is 0 Å². The molecule has 8 heteroatoms. The second kappa shape index (κ2) is 9.85. The fourth-order valence-corrected chi connectivity index (χ4v) is 3.29. The van der Waals surface area contributed by atoms with Crippen molar-refractivity contribution in [2.24, 2.45) is 11.7 Å². The smallest absolute Gasteiger partial charge is 0.162 e. The molecule has 2 N–H and O–H groups in total. The number of fused-ring (bicyclic) bond motifs is 1. The van der Waals surface area contributed by atoms with Crippen LogP contribution >= 0.6 is 24.8 Å². The van der Waals surface area contributed by atoms with Gasteiger partial charge in [0, 0.05) is 24.5 Å². The molecule has 0 aliphatic carbocycles. The molecule has 1 aromatic heterocycles. The minimum Gasteiger partial charge on any atom is -0.493 e. The summed E-state index contributed by atoms with van der Waals surface area (Å²) >= 11 is 0. The van der Waals surface area contributed by atoms with Gasteiger partial charge in [0.15, 0.2) is 11.5 Å². The number of ether oxygens (including phenoxy) is 2. The Kier molecular flexibility index (Phi) is 8.48. The molecule has 0 unspecified atom stereocenters. The third-order valence-corrected chi connectivity index (χ3v) is 4.61. The van der Waals surface area contributed by atoms with Gasteiger partial charge in [0.1, 0.15) is 12.1 Å². The molecule has 2 aromatic rings. The molecule has 140 valence electrons. The average molecular weight is 389 g/mol. The third-order valence-electron chi connectivity index (χ3n) is 4.61. The SMILES string of the molecule is COc1cc2ncnc(N3CCC(CCN)CC3)c2cc1OC.Cl.Cl. The predicted molar refractivity (Wildman–Crippen MR) is 106 cm³/mol. The van der Waals surface area contributed by atoms with Crippen LogP contribution in [0.3, 0.4) is 0 Å². The van der Waals surface area contributed by atoms with Gasteiger partial charge >= 0.3 is 0 Å². The van der Waals surface area contributed by atoms with Crippen LogP contribution < -0.4 is 20.1 Å². The second-order valence-electron chi connectivity index (χ2n) is 5.93. The number of halogens is 2. The predicted octanol–water partition coefficient (Wildman–Crippen LogP) is 3.06. The number of anilines is 1. The van der Waals surface area contributed by atoms with E-state index in [9.17, 15) is 0 Å². The maximum atomic E-state index is 5.68. The van der Waals surface area contributed by atoms with Gasteiger partial charge in [-0.1, -0.05) is 0 Å². The number of nitrogens with zero attached hydrogens (tertiary/aromatic N) is 3. The van der Waals surface area contributed by atoms with Crippen LogP contribution in [0.15, 0.2) is 18.5 Å². The monoisotopic (exact) mass is 388 g/mol. The van der Waals surface area contributed by atoms with Gasteiger partial charge in [-0.15, -0.1) is 24.8 Å². The molecule has 1 aliphatic heterocycles. The Morgan fingerprint density at radius 3 is 2.32 bits per heavy atom. The molecule has 0 atom stereocenters. The largest absolute Gasteiger partial charge is 0.493 e. The van der Waals surface area contributed by atoms with Gasteiger partial charge in [0.2, 0.25) is 0 Å². The van der Waals surface area contributed by atoms with Crippen LogP contribution in [0.2, 0.25) is 0 Å². The van der Waals surface area contributed by atoms with E-state index >= 15 is 0 Å². The van der Waals surface area contributed by atoms with Crippen LogP contribution in [-0.2, 0) is 0 Å². The van der Waals surface area contributed by atoms with Gasteiger partial charge < -0.3 is 20.1 Å². The lowest BCUT2D eigenvalue weighted by molar-refractivity contribution is 0.355. The van der Waals surface area contributed by atoms with E-state index in [4.69, 9.17) is 15.2 Å². The number of rotatable bonds is 5. The zero-order valence-corrected chi connectivity index (χ0v) is 16.2. The molecule has 25 heavy (non-hydrogen) atoms. The van der Waals surface area contributed by atoms with Crippen LogP contribution in [0.4, 0.5) is 5.82 Å². The first-order chi connectivity index (χ1) is 11.3. The first-order valence-corrected chi connectivity index (χ1v) is 8.08. The van der Waals surface area contributed by atoms with E-state index in [0.717, 1.165) is 61.5 Å². The van der Waals surface area contributed by atoms with Crippen LogP contribution in [-0.4, -0.2) is 43.8 Å². The van der Waals surface area contributed by atoms with Crippen molar-refractivity contribution in [3.05, 3.63) is 18.5 Å². The van der Waals surface area contributed by atoms with E-state index in [-0.39, 0.29) is 24.8 Å². The summed E-state index contributed by atoms with van der Waals surface area (Å²) in [7, 11) is 3.28. The Morgan fingerprint density at radius 1 is 1.08 bits per heavy atom. The minimum atomic E-state index is 0. The second-order valence-corrected chi connectivity index (χ2v) is 5.93. The van der Waals surface area contributed by atoms with Crippen molar-refractivity contribution in [3.8, 4) is 11.5 Å². The highest BCUT2D eigenvalue weighted by Crippen LogP contribution is 2.35. The molecule has 2 heterocycles. The third kappa shape index (κ3) is 4.57. The number of methoxy groups -OCH3 is 2. The number of aromatic nitrogens is 2. The molecule has 1 saturated heterocycles. The molecule has 0 spiro atoms. The van der Waals surface area contributed by atoms with Crippen molar-refractivity contribution >= 4 is 41.5 Å². The van der Waals surface area contributed by atoms with Crippen molar-refractivity contribution in [1.29, 1.82) is 0 Å². The Bertz CT molecular complexity index is 679. The minimum absolute atomic E-state index is 0. The highest BCUT2D eigenvalue weighted by molar-refractivity contribution is 5.92. The Morgan fingerprint density at radius 2 is 1.72 bits per heavy atom. The Labute approximate surface area is 160 Å². The van der Waals surface area contributed by atoms with E-state index in [1.165, 1.54) is 0 Å². The summed E-state index contributed by atoms with van der Waals surface area (Å²) in [4.78, 5) is 11.2. The molecule has 0 radical (unpaired) electrons. The van der Waals surface area contributed by atoms with Gasteiger partial charge in [-0.05, 0) is 37.8 Å². The lowest BCUT2D eigenvalue weighted by Crippen LogP contribution is -2.35. The van der Waals surface area contributed by atoms with E-state index in [2.05, 4.69) is 14.9 Å². The highest BCUT2D eigenvalue weighted by Gasteiger charge is 2.22. The van der Waals surface area contributed by atoms with Crippen molar-refractivity contribution in [1.82, 2.24) is 9.97 Å². The van der Waals surface area contributed by atoms with Crippen LogP contribution in [0, 0.1) is 5.92 Å². The number of piperidine rings is 1. The molecule has 0 saturated carbocycles. The Balaban J connectivity index is 0.00000156. The Hall–Kier alpha value is -1.50. The molecule has 1 aliphatic rings.